The predicted octanol–water partition coefficient (Wildman–Crippen LogP) is 3.02. The third-order valence-corrected chi connectivity index (χ3v) is 3.25. The van der Waals surface area contributed by atoms with Crippen LogP contribution in [0, 0.1) is 6.92 Å². The number of aromatic nitrogens is 1. The molecule has 1 aromatic heterocycles. The van der Waals surface area contributed by atoms with Crippen LogP contribution in [-0.4, -0.2) is 10.9 Å². The summed E-state index contributed by atoms with van der Waals surface area (Å²) < 4.78 is 0. The van der Waals surface area contributed by atoms with E-state index < -0.39 is 0 Å². The van der Waals surface area contributed by atoms with Gasteiger partial charge in [0.25, 0.3) is 0 Å². The minimum Gasteiger partial charge on any atom is -0.378 e. The van der Waals surface area contributed by atoms with Crippen molar-refractivity contribution < 1.29 is 4.79 Å². The van der Waals surface area contributed by atoms with E-state index in [2.05, 4.69) is 15.6 Å². The van der Waals surface area contributed by atoms with Crippen molar-refractivity contribution in [2.24, 2.45) is 0 Å². The van der Waals surface area contributed by atoms with Crippen LogP contribution < -0.4 is 10.6 Å². The van der Waals surface area contributed by atoms with Crippen LogP contribution >= 0.6 is 11.3 Å². The van der Waals surface area contributed by atoms with Crippen molar-refractivity contribution in [1.29, 1.82) is 0 Å². The molecule has 2 N–H and O–H groups in total. The van der Waals surface area contributed by atoms with Crippen molar-refractivity contribution in [3.8, 4) is 0 Å². The first kappa shape index (κ1) is 12.6. The third-order valence-electron chi connectivity index (χ3n) is 2.47. The standard InChI is InChI=1S/C13H15N3OS/c1-9-3-4-11(16-10(2)17)7-12(9)15-8-13-14-5-6-18-13/h3-7,15H,8H2,1-2H3,(H,16,17). The van der Waals surface area contributed by atoms with Crippen molar-refractivity contribution in [1.82, 2.24) is 4.98 Å². The van der Waals surface area contributed by atoms with Crippen molar-refractivity contribution >= 4 is 28.6 Å². The number of carbonyl (C=O) groups excluding carboxylic acids is 1. The first-order valence-corrected chi connectivity index (χ1v) is 6.53. The molecular formula is C13H15N3OS. The van der Waals surface area contributed by atoms with Crippen LogP contribution in [-0.2, 0) is 11.3 Å². The van der Waals surface area contributed by atoms with Crippen LogP contribution in [0.15, 0.2) is 29.8 Å². The Hall–Kier alpha value is -1.88. The summed E-state index contributed by atoms with van der Waals surface area (Å²) in [4.78, 5) is 15.2. The number of nitrogens with one attached hydrogen (secondary N) is 2. The van der Waals surface area contributed by atoms with E-state index in [9.17, 15) is 4.79 Å². The summed E-state index contributed by atoms with van der Waals surface area (Å²) in [6.45, 7) is 4.23. The lowest BCUT2D eigenvalue weighted by Gasteiger charge is -2.10. The highest BCUT2D eigenvalue weighted by atomic mass is 32.1. The average Bonchev–Trinajstić information content (AvgIpc) is 2.82. The first-order valence-electron chi connectivity index (χ1n) is 5.65. The quantitative estimate of drug-likeness (QED) is 0.889. The maximum absolute atomic E-state index is 11.0. The van der Waals surface area contributed by atoms with Gasteiger partial charge in [-0.15, -0.1) is 11.3 Å². The lowest BCUT2D eigenvalue weighted by Crippen LogP contribution is -2.07. The summed E-state index contributed by atoms with van der Waals surface area (Å²) in [5.74, 6) is -0.0651. The molecule has 2 rings (SSSR count). The van der Waals surface area contributed by atoms with Gasteiger partial charge < -0.3 is 10.6 Å². The summed E-state index contributed by atoms with van der Waals surface area (Å²) in [5, 5.41) is 9.10. The van der Waals surface area contributed by atoms with E-state index >= 15 is 0 Å². The molecule has 0 atom stereocenters. The van der Waals surface area contributed by atoms with Crippen LogP contribution in [0.5, 0.6) is 0 Å². The number of hydrogen-bond donors (Lipinski definition) is 2. The molecule has 1 aromatic carbocycles. The molecule has 0 aliphatic rings. The molecule has 4 nitrogen and oxygen atoms in total. The largest absolute Gasteiger partial charge is 0.378 e. The van der Waals surface area contributed by atoms with Gasteiger partial charge in [0.15, 0.2) is 0 Å². The lowest BCUT2D eigenvalue weighted by atomic mass is 10.2. The van der Waals surface area contributed by atoms with Gasteiger partial charge in [-0.3, -0.25) is 4.79 Å². The molecule has 0 bridgehead atoms. The number of amides is 1. The molecule has 1 heterocycles. The van der Waals surface area contributed by atoms with Gasteiger partial charge in [0, 0.05) is 29.9 Å². The van der Waals surface area contributed by atoms with Crippen molar-refractivity contribution in [3.05, 3.63) is 40.3 Å². The van der Waals surface area contributed by atoms with Gasteiger partial charge in [0.1, 0.15) is 5.01 Å². The normalized spacial score (nSPS) is 10.1. The topological polar surface area (TPSA) is 54.0 Å². The molecule has 0 spiro atoms. The molecule has 0 aliphatic carbocycles. The van der Waals surface area contributed by atoms with E-state index in [4.69, 9.17) is 0 Å². The van der Waals surface area contributed by atoms with E-state index in [1.807, 2.05) is 30.5 Å². The molecule has 0 saturated carbocycles. The second-order valence-electron chi connectivity index (χ2n) is 3.99. The van der Waals surface area contributed by atoms with Crippen LogP contribution in [0.25, 0.3) is 0 Å². The van der Waals surface area contributed by atoms with E-state index in [0.717, 1.165) is 21.9 Å². The number of benzene rings is 1. The zero-order valence-corrected chi connectivity index (χ0v) is 11.2. The number of thiazole rings is 1. The number of carbonyl (C=O) groups is 1. The minimum atomic E-state index is -0.0651. The fourth-order valence-corrected chi connectivity index (χ4v) is 2.16. The van der Waals surface area contributed by atoms with Gasteiger partial charge in [0.2, 0.25) is 5.91 Å². The van der Waals surface area contributed by atoms with Gasteiger partial charge in [-0.2, -0.15) is 0 Å². The second-order valence-corrected chi connectivity index (χ2v) is 4.97. The van der Waals surface area contributed by atoms with Gasteiger partial charge >= 0.3 is 0 Å². The molecule has 18 heavy (non-hydrogen) atoms. The Morgan fingerprint density at radius 1 is 1.44 bits per heavy atom. The molecule has 0 unspecified atom stereocenters. The highest BCUT2D eigenvalue weighted by Crippen LogP contribution is 2.21. The molecule has 94 valence electrons. The SMILES string of the molecule is CC(=O)Nc1ccc(C)c(NCc2nccs2)c1. The first-order chi connectivity index (χ1) is 8.65. The number of nitrogens with zero attached hydrogens (tertiary/aromatic N) is 1. The van der Waals surface area contributed by atoms with Gasteiger partial charge in [-0.1, -0.05) is 6.07 Å². The summed E-state index contributed by atoms with van der Waals surface area (Å²) in [7, 11) is 0. The van der Waals surface area contributed by atoms with Gasteiger partial charge in [-0.05, 0) is 24.6 Å². The molecule has 0 saturated heterocycles. The van der Waals surface area contributed by atoms with E-state index in [0.29, 0.717) is 6.54 Å². The highest BCUT2D eigenvalue weighted by Gasteiger charge is 2.02. The van der Waals surface area contributed by atoms with Crippen LogP contribution in [0.1, 0.15) is 17.5 Å². The van der Waals surface area contributed by atoms with Crippen molar-refractivity contribution in [3.63, 3.8) is 0 Å². The van der Waals surface area contributed by atoms with Crippen molar-refractivity contribution in [2.75, 3.05) is 10.6 Å². The smallest absolute Gasteiger partial charge is 0.221 e. The predicted molar refractivity (Wildman–Crippen MR) is 74.9 cm³/mol. The Balaban J connectivity index is 2.08. The molecule has 1 amide bonds. The Labute approximate surface area is 110 Å². The Bertz CT molecular complexity index is 537. The summed E-state index contributed by atoms with van der Waals surface area (Å²) in [5.41, 5.74) is 2.95. The number of aryl methyl sites for hydroxylation is 1. The molecule has 2 aromatic rings. The molecule has 0 fully saturated rings. The molecule has 5 heteroatoms. The fourth-order valence-electron chi connectivity index (χ4n) is 1.60. The van der Waals surface area contributed by atoms with Crippen molar-refractivity contribution in [2.45, 2.75) is 20.4 Å². The fraction of sp³-hybridized carbons (Fsp3) is 0.231. The minimum absolute atomic E-state index is 0.0651. The Kier molecular flexibility index (Phi) is 3.94. The Morgan fingerprint density at radius 3 is 2.94 bits per heavy atom. The van der Waals surface area contributed by atoms with Crippen LogP contribution in [0.2, 0.25) is 0 Å². The molecule has 0 aliphatic heterocycles. The zero-order valence-electron chi connectivity index (χ0n) is 10.4. The van der Waals surface area contributed by atoms with E-state index in [-0.39, 0.29) is 5.91 Å². The van der Waals surface area contributed by atoms with E-state index in [1.165, 1.54) is 6.92 Å². The number of rotatable bonds is 4. The monoisotopic (exact) mass is 261 g/mol. The maximum Gasteiger partial charge on any atom is 0.221 e. The molecule has 0 radical (unpaired) electrons. The lowest BCUT2D eigenvalue weighted by molar-refractivity contribution is -0.114. The number of anilines is 2. The zero-order chi connectivity index (χ0) is 13.0. The Morgan fingerprint density at radius 2 is 2.28 bits per heavy atom. The maximum atomic E-state index is 11.0. The van der Waals surface area contributed by atoms with Gasteiger partial charge in [0.05, 0.1) is 6.54 Å². The average molecular weight is 261 g/mol. The summed E-state index contributed by atoms with van der Waals surface area (Å²) >= 11 is 1.62. The summed E-state index contributed by atoms with van der Waals surface area (Å²) in [6, 6.07) is 5.81. The molecular weight excluding hydrogens is 246 g/mol. The van der Waals surface area contributed by atoms with E-state index in [1.54, 1.807) is 17.5 Å². The second kappa shape index (κ2) is 5.64. The number of hydrogen-bond acceptors (Lipinski definition) is 4. The third kappa shape index (κ3) is 3.30. The van der Waals surface area contributed by atoms with Crippen LogP contribution in [0.3, 0.4) is 0 Å². The van der Waals surface area contributed by atoms with Crippen LogP contribution in [0.4, 0.5) is 11.4 Å². The van der Waals surface area contributed by atoms with Gasteiger partial charge in [-0.25, -0.2) is 4.98 Å². The highest BCUT2D eigenvalue weighted by molar-refractivity contribution is 7.09. The summed E-state index contributed by atoms with van der Waals surface area (Å²) in [6.07, 6.45) is 1.79.